The van der Waals surface area contributed by atoms with E-state index in [1.807, 2.05) is 6.92 Å². The predicted molar refractivity (Wildman–Crippen MR) is 92.4 cm³/mol. The summed E-state index contributed by atoms with van der Waals surface area (Å²) in [7, 11) is 1.53. The molecule has 6 heteroatoms. The summed E-state index contributed by atoms with van der Waals surface area (Å²) in [6, 6.07) is 4.70. The van der Waals surface area contributed by atoms with Crippen molar-refractivity contribution in [3.05, 3.63) is 29.3 Å². The van der Waals surface area contributed by atoms with E-state index in [1.165, 1.54) is 18.9 Å². The van der Waals surface area contributed by atoms with Crippen molar-refractivity contribution in [3.8, 4) is 5.75 Å². The highest BCUT2D eigenvalue weighted by Crippen LogP contribution is 2.39. The minimum absolute atomic E-state index is 0.0709. The van der Waals surface area contributed by atoms with Crippen molar-refractivity contribution in [1.82, 2.24) is 10.2 Å². The molecule has 1 aliphatic carbocycles. The van der Waals surface area contributed by atoms with E-state index in [1.54, 1.807) is 18.2 Å². The Morgan fingerprint density at radius 3 is 2.76 bits per heavy atom. The van der Waals surface area contributed by atoms with E-state index in [0.717, 1.165) is 19.3 Å². The Morgan fingerprint density at radius 1 is 1.36 bits per heavy atom. The molecule has 1 aromatic rings. The Labute approximate surface area is 147 Å². The van der Waals surface area contributed by atoms with Crippen LogP contribution in [-0.4, -0.2) is 35.3 Å². The Morgan fingerprint density at radius 2 is 2.12 bits per heavy atom. The molecule has 1 saturated heterocycles. The molecule has 1 aromatic carbocycles. The van der Waals surface area contributed by atoms with Crippen molar-refractivity contribution in [2.75, 3.05) is 7.11 Å². The fraction of sp³-hybridized carbons (Fsp3) is 0.526. The molecule has 134 valence electrons. The van der Waals surface area contributed by atoms with Gasteiger partial charge in [-0.2, -0.15) is 0 Å². The predicted octanol–water partition coefficient (Wildman–Crippen LogP) is 2.90. The van der Waals surface area contributed by atoms with E-state index in [-0.39, 0.29) is 30.2 Å². The zero-order valence-electron chi connectivity index (χ0n) is 14.9. The van der Waals surface area contributed by atoms with E-state index >= 15 is 0 Å². The lowest BCUT2D eigenvalue weighted by Crippen LogP contribution is -2.53. The van der Waals surface area contributed by atoms with E-state index in [2.05, 4.69) is 5.32 Å². The van der Waals surface area contributed by atoms with Gasteiger partial charge >= 0.3 is 6.03 Å². The molecule has 2 fully saturated rings. The van der Waals surface area contributed by atoms with Crippen LogP contribution in [0.3, 0.4) is 0 Å². The number of urea groups is 1. The molecule has 3 amide bonds. The number of rotatable bonds is 4. The van der Waals surface area contributed by atoms with Crippen LogP contribution in [-0.2, 0) is 11.3 Å². The fourth-order valence-electron chi connectivity index (χ4n) is 3.93. The molecule has 6 nitrogen and oxygen atoms in total. The van der Waals surface area contributed by atoms with Gasteiger partial charge in [0.15, 0.2) is 5.78 Å². The third-order valence-electron chi connectivity index (χ3n) is 5.52. The SMILES string of the molecule is COc1ccc(C(C)=O)cc1CN1C(=O)N[C@@]2(CCCC[C@H]2C)C1=O. The van der Waals surface area contributed by atoms with Crippen LogP contribution in [0.1, 0.15) is 55.5 Å². The molecule has 0 radical (unpaired) electrons. The number of amides is 3. The Kier molecular flexibility index (Phi) is 4.54. The summed E-state index contributed by atoms with van der Waals surface area (Å²) in [6.45, 7) is 3.61. The second-order valence-corrected chi connectivity index (χ2v) is 7.02. The first-order chi connectivity index (χ1) is 11.9. The van der Waals surface area contributed by atoms with Crippen LogP contribution in [0.4, 0.5) is 4.79 Å². The number of nitrogens with one attached hydrogen (secondary N) is 1. The Hall–Kier alpha value is -2.37. The molecule has 0 aromatic heterocycles. The average molecular weight is 344 g/mol. The van der Waals surface area contributed by atoms with Gasteiger partial charge in [-0.05, 0) is 43.9 Å². The molecule has 25 heavy (non-hydrogen) atoms. The average Bonchev–Trinajstić information content (AvgIpc) is 2.82. The van der Waals surface area contributed by atoms with Crippen LogP contribution < -0.4 is 10.1 Å². The molecule has 1 spiro atoms. The highest BCUT2D eigenvalue weighted by Gasteiger charge is 2.54. The van der Waals surface area contributed by atoms with Crippen LogP contribution in [0.2, 0.25) is 0 Å². The summed E-state index contributed by atoms with van der Waals surface area (Å²) in [4.78, 5) is 38.5. The number of hydrogen-bond acceptors (Lipinski definition) is 4. The number of benzene rings is 1. The van der Waals surface area contributed by atoms with Crippen molar-refractivity contribution in [2.24, 2.45) is 5.92 Å². The molecule has 3 rings (SSSR count). The minimum Gasteiger partial charge on any atom is -0.496 e. The normalized spacial score (nSPS) is 26.0. The number of ether oxygens (including phenoxy) is 1. The first kappa shape index (κ1) is 17.5. The Bertz CT molecular complexity index is 730. The monoisotopic (exact) mass is 344 g/mol. The number of carbonyl (C=O) groups excluding carboxylic acids is 3. The summed E-state index contributed by atoms with van der Waals surface area (Å²) in [5, 5.41) is 2.94. The van der Waals surface area contributed by atoms with Crippen LogP contribution in [0.25, 0.3) is 0 Å². The topological polar surface area (TPSA) is 75.7 Å². The zero-order chi connectivity index (χ0) is 18.2. The summed E-state index contributed by atoms with van der Waals surface area (Å²) in [5.41, 5.74) is 0.406. The lowest BCUT2D eigenvalue weighted by atomic mass is 9.73. The lowest BCUT2D eigenvalue weighted by molar-refractivity contribution is -0.134. The summed E-state index contributed by atoms with van der Waals surface area (Å²) < 4.78 is 5.34. The molecule has 2 aliphatic rings. The molecular formula is C19H24N2O4. The standard InChI is InChI=1S/C19H24N2O4/c1-12-6-4-5-9-19(12)17(23)21(18(24)20-19)11-15-10-14(13(2)22)7-8-16(15)25-3/h7-8,10,12H,4-6,9,11H2,1-3H3,(H,20,24)/t12-,19-/m1/s1. The van der Waals surface area contributed by atoms with Gasteiger partial charge in [-0.25, -0.2) is 4.79 Å². The van der Waals surface area contributed by atoms with Crippen molar-refractivity contribution >= 4 is 17.7 Å². The van der Waals surface area contributed by atoms with Gasteiger partial charge in [0.25, 0.3) is 5.91 Å². The largest absolute Gasteiger partial charge is 0.496 e. The third-order valence-corrected chi connectivity index (χ3v) is 5.52. The maximum Gasteiger partial charge on any atom is 0.325 e. The van der Waals surface area contributed by atoms with Crippen molar-refractivity contribution in [3.63, 3.8) is 0 Å². The van der Waals surface area contributed by atoms with Gasteiger partial charge < -0.3 is 10.1 Å². The Balaban J connectivity index is 1.90. The number of carbonyl (C=O) groups is 3. The van der Waals surface area contributed by atoms with Crippen molar-refractivity contribution in [2.45, 2.75) is 51.6 Å². The van der Waals surface area contributed by atoms with E-state index < -0.39 is 5.54 Å². The maximum atomic E-state index is 13.1. The highest BCUT2D eigenvalue weighted by molar-refractivity contribution is 6.07. The van der Waals surface area contributed by atoms with Crippen LogP contribution >= 0.6 is 0 Å². The number of hydrogen-bond donors (Lipinski definition) is 1. The van der Waals surface area contributed by atoms with Crippen LogP contribution in [0.15, 0.2) is 18.2 Å². The first-order valence-corrected chi connectivity index (χ1v) is 8.71. The highest BCUT2D eigenvalue weighted by atomic mass is 16.5. The number of Topliss-reactive ketones (excluding diaryl/α,β-unsaturated/α-hetero) is 1. The molecule has 0 unspecified atom stereocenters. The summed E-state index contributed by atoms with van der Waals surface area (Å²) in [5.74, 6) is 0.440. The van der Waals surface area contributed by atoms with Crippen LogP contribution in [0.5, 0.6) is 5.75 Å². The summed E-state index contributed by atoms with van der Waals surface area (Å²) >= 11 is 0. The van der Waals surface area contributed by atoms with Gasteiger partial charge in [-0.15, -0.1) is 0 Å². The van der Waals surface area contributed by atoms with E-state index in [4.69, 9.17) is 4.74 Å². The third kappa shape index (κ3) is 2.90. The van der Waals surface area contributed by atoms with Crippen molar-refractivity contribution < 1.29 is 19.1 Å². The second-order valence-electron chi connectivity index (χ2n) is 7.02. The molecule has 0 bridgehead atoms. The van der Waals surface area contributed by atoms with Gasteiger partial charge in [0, 0.05) is 11.1 Å². The second kappa shape index (κ2) is 6.50. The van der Waals surface area contributed by atoms with E-state index in [0.29, 0.717) is 23.3 Å². The number of imide groups is 1. The maximum absolute atomic E-state index is 13.1. The first-order valence-electron chi connectivity index (χ1n) is 8.71. The molecule has 2 atom stereocenters. The molecule has 1 aliphatic heterocycles. The van der Waals surface area contributed by atoms with Gasteiger partial charge in [-0.1, -0.05) is 19.8 Å². The van der Waals surface area contributed by atoms with Gasteiger partial charge in [-0.3, -0.25) is 14.5 Å². The zero-order valence-corrected chi connectivity index (χ0v) is 14.9. The summed E-state index contributed by atoms with van der Waals surface area (Å²) in [6.07, 6.45) is 3.64. The quantitative estimate of drug-likeness (QED) is 0.673. The number of methoxy groups -OCH3 is 1. The van der Waals surface area contributed by atoms with Gasteiger partial charge in [0.1, 0.15) is 11.3 Å². The van der Waals surface area contributed by atoms with E-state index in [9.17, 15) is 14.4 Å². The smallest absolute Gasteiger partial charge is 0.325 e. The lowest BCUT2D eigenvalue weighted by Gasteiger charge is -2.36. The number of nitrogens with zero attached hydrogens (tertiary/aromatic N) is 1. The molecule has 1 heterocycles. The van der Waals surface area contributed by atoms with Crippen LogP contribution in [0, 0.1) is 5.92 Å². The van der Waals surface area contributed by atoms with Crippen molar-refractivity contribution in [1.29, 1.82) is 0 Å². The van der Waals surface area contributed by atoms with Gasteiger partial charge in [0.05, 0.1) is 13.7 Å². The fourth-order valence-corrected chi connectivity index (χ4v) is 3.93. The van der Waals surface area contributed by atoms with Gasteiger partial charge in [0.2, 0.25) is 0 Å². The molecule has 1 N–H and O–H groups in total. The number of ketones is 1. The molecular weight excluding hydrogens is 320 g/mol. The molecule has 1 saturated carbocycles. The minimum atomic E-state index is -0.777.